The van der Waals surface area contributed by atoms with Crippen molar-refractivity contribution in [2.45, 2.75) is 39.3 Å². The Balaban J connectivity index is 1.58. The van der Waals surface area contributed by atoms with Gasteiger partial charge in [-0.15, -0.1) is 0 Å². The minimum absolute atomic E-state index is 0.0728. The summed E-state index contributed by atoms with van der Waals surface area (Å²) in [7, 11) is 2.08. The lowest BCUT2D eigenvalue weighted by atomic mass is 9.90. The summed E-state index contributed by atoms with van der Waals surface area (Å²) in [6.45, 7) is 6.16. The van der Waals surface area contributed by atoms with Crippen molar-refractivity contribution in [3.8, 4) is 11.3 Å². The van der Waals surface area contributed by atoms with Crippen molar-refractivity contribution >= 4 is 28.4 Å². The molecule has 6 rings (SSSR count). The Labute approximate surface area is 241 Å². The number of para-hydroxylation sites is 1. The molecule has 0 saturated carbocycles. The van der Waals surface area contributed by atoms with Crippen LogP contribution in [0.3, 0.4) is 0 Å². The second-order valence-corrected chi connectivity index (χ2v) is 11.1. The number of aromatic nitrogens is 1. The molecule has 206 valence electrons. The SMILES string of the molecule is CCC(C)C(C(=O)Nc1ccc(C)cc1)N1C(=O)c2ccccc2C1c1c(-c2ccccc2)n(C)c2ccccc12. The molecule has 0 radical (unpaired) electrons. The van der Waals surface area contributed by atoms with Gasteiger partial charge in [0.25, 0.3) is 5.91 Å². The molecule has 1 N–H and O–H groups in total. The Kier molecular flexibility index (Phi) is 6.96. The average molecular weight is 542 g/mol. The van der Waals surface area contributed by atoms with Gasteiger partial charge in [0.15, 0.2) is 0 Å². The molecule has 41 heavy (non-hydrogen) atoms. The second-order valence-electron chi connectivity index (χ2n) is 11.1. The molecule has 0 fully saturated rings. The zero-order valence-electron chi connectivity index (χ0n) is 24.0. The summed E-state index contributed by atoms with van der Waals surface area (Å²) in [6.07, 6.45) is 0.750. The van der Waals surface area contributed by atoms with Gasteiger partial charge in [0.05, 0.1) is 11.7 Å². The Morgan fingerprint density at radius 2 is 1.54 bits per heavy atom. The van der Waals surface area contributed by atoms with Gasteiger partial charge in [0.2, 0.25) is 5.91 Å². The predicted octanol–water partition coefficient (Wildman–Crippen LogP) is 7.75. The molecule has 5 heteroatoms. The van der Waals surface area contributed by atoms with E-state index in [4.69, 9.17) is 0 Å². The molecular weight excluding hydrogens is 506 g/mol. The van der Waals surface area contributed by atoms with Crippen LogP contribution in [0.4, 0.5) is 5.69 Å². The van der Waals surface area contributed by atoms with Crippen molar-refractivity contribution in [3.05, 3.63) is 125 Å². The minimum atomic E-state index is -0.672. The fraction of sp³-hybridized carbons (Fsp3) is 0.222. The van der Waals surface area contributed by atoms with Gasteiger partial charge in [0, 0.05) is 34.8 Å². The highest BCUT2D eigenvalue weighted by Crippen LogP contribution is 2.48. The number of hydrogen-bond donors (Lipinski definition) is 1. The van der Waals surface area contributed by atoms with E-state index in [9.17, 15) is 9.59 Å². The van der Waals surface area contributed by atoms with Crippen LogP contribution in [0.1, 0.15) is 53.4 Å². The molecule has 0 aliphatic carbocycles. The lowest BCUT2D eigenvalue weighted by Crippen LogP contribution is -2.50. The third kappa shape index (κ3) is 4.51. The van der Waals surface area contributed by atoms with E-state index in [1.54, 1.807) is 0 Å². The topological polar surface area (TPSA) is 54.3 Å². The highest BCUT2D eigenvalue weighted by Gasteiger charge is 2.47. The van der Waals surface area contributed by atoms with Crippen LogP contribution in [-0.2, 0) is 11.8 Å². The van der Waals surface area contributed by atoms with Crippen LogP contribution in [0.5, 0.6) is 0 Å². The maximum atomic E-state index is 14.4. The van der Waals surface area contributed by atoms with Crippen LogP contribution in [0.15, 0.2) is 103 Å². The van der Waals surface area contributed by atoms with Crippen LogP contribution in [0, 0.1) is 12.8 Å². The molecule has 3 unspecified atom stereocenters. The van der Waals surface area contributed by atoms with Crippen molar-refractivity contribution in [1.82, 2.24) is 9.47 Å². The van der Waals surface area contributed by atoms with Gasteiger partial charge in [-0.25, -0.2) is 0 Å². The molecular formula is C36H35N3O2. The minimum Gasteiger partial charge on any atom is -0.343 e. The molecule has 4 aromatic carbocycles. The molecule has 0 bridgehead atoms. The van der Waals surface area contributed by atoms with E-state index in [0.29, 0.717) is 5.56 Å². The Morgan fingerprint density at radius 1 is 0.878 bits per heavy atom. The van der Waals surface area contributed by atoms with Crippen molar-refractivity contribution in [3.63, 3.8) is 0 Å². The van der Waals surface area contributed by atoms with Gasteiger partial charge in [-0.2, -0.15) is 0 Å². The van der Waals surface area contributed by atoms with Crippen LogP contribution in [-0.4, -0.2) is 27.3 Å². The molecule has 1 aliphatic heterocycles. The van der Waals surface area contributed by atoms with Crippen LogP contribution < -0.4 is 5.32 Å². The maximum Gasteiger partial charge on any atom is 0.255 e. The molecule has 5 aromatic rings. The number of benzene rings is 4. The summed E-state index contributed by atoms with van der Waals surface area (Å²) in [4.78, 5) is 30.4. The number of carbonyl (C=O) groups is 2. The largest absolute Gasteiger partial charge is 0.343 e. The van der Waals surface area contributed by atoms with Crippen molar-refractivity contribution in [2.75, 3.05) is 5.32 Å². The van der Waals surface area contributed by atoms with E-state index in [0.717, 1.165) is 51.0 Å². The number of nitrogens with one attached hydrogen (secondary N) is 1. The van der Waals surface area contributed by atoms with Crippen LogP contribution >= 0.6 is 0 Å². The molecule has 2 heterocycles. The van der Waals surface area contributed by atoms with E-state index in [1.807, 2.05) is 90.7 Å². The lowest BCUT2D eigenvalue weighted by molar-refractivity contribution is -0.122. The van der Waals surface area contributed by atoms with Crippen molar-refractivity contribution < 1.29 is 9.59 Å². The molecule has 0 saturated heterocycles. The highest BCUT2D eigenvalue weighted by molar-refractivity contribution is 6.06. The highest BCUT2D eigenvalue weighted by atomic mass is 16.2. The Morgan fingerprint density at radius 3 is 2.27 bits per heavy atom. The quantitative estimate of drug-likeness (QED) is 0.229. The van der Waals surface area contributed by atoms with E-state index in [-0.39, 0.29) is 17.7 Å². The predicted molar refractivity (Wildman–Crippen MR) is 166 cm³/mol. The van der Waals surface area contributed by atoms with Gasteiger partial charge in [-0.05, 0) is 48.2 Å². The van der Waals surface area contributed by atoms with E-state index in [1.165, 1.54) is 0 Å². The normalized spacial score (nSPS) is 16.0. The Bertz CT molecular complexity index is 1740. The first kappa shape index (κ1) is 26.6. The average Bonchev–Trinajstić information content (AvgIpc) is 3.45. The van der Waals surface area contributed by atoms with Crippen LogP contribution in [0.25, 0.3) is 22.2 Å². The molecule has 1 aliphatic rings. The van der Waals surface area contributed by atoms with Gasteiger partial charge < -0.3 is 14.8 Å². The zero-order valence-corrected chi connectivity index (χ0v) is 24.0. The van der Waals surface area contributed by atoms with Crippen LogP contribution in [0.2, 0.25) is 0 Å². The zero-order chi connectivity index (χ0) is 28.7. The van der Waals surface area contributed by atoms with Gasteiger partial charge in [0.1, 0.15) is 6.04 Å². The molecule has 5 nitrogen and oxygen atoms in total. The summed E-state index contributed by atoms with van der Waals surface area (Å²) in [5, 5.41) is 4.21. The van der Waals surface area contributed by atoms with Gasteiger partial charge >= 0.3 is 0 Å². The van der Waals surface area contributed by atoms with E-state index >= 15 is 0 Å². The fourth-order valence-corrected chi connectivity index (χ4v) is 6.30. The third-order valence-corrected chi connectivity index (χ3v) is 8.54. The summed E-state index contributed by atoms with van der Waals surface area (Å²) in [5.41, 5.74) is 7.69. The van der Waals surface area contributed by atoms with Crippen molar-refractivity contribution in [1.29, 1.82) is 0 Å². The van der Waals surface area contributed by atoms with E-state index < -0.39 is 12.1 Å². The summed E-state index contributed by atoms with van der Waals surface area (Å²) in [6, 6.07) is 33.2. The fourth-order valence-electron chi connectivity index (χ4n) is 6.30. The van der Waals surface area contributed by atoms with Gasteiger partial charge in [-0.1, -0.05) is 105 Å². The number of hydrogen-bond acceptors (Lipinski definition) is 2. The molecule has 0 spiro atoms. The molecule has 1 aromatic heterocycles. The number of carbonyl (C=O) groups excluding carboxylic acids is 2. The van der Waals surface area contributed by atoms with Crippen molar-refractivity contribution in [2.24, 2.45) is 13.0 Å². The maximum absolute atomic E-state index is 14.4. The standard InChI is InChI=1S/C36H35N3O2/c1-5-24(3)32(35(40)37-26-21-19-23(2)20-22-26)39-34(27-15-9-10-16-28(27)36(39)41)31-29-17-11-12-18-30(29)38(4)33(31)25-13-7-6-8-14-25/h6-22,24,32,34H,5H2,1-4H3,(H,37,40). The first-order chi connectivity index (χ1) is 19.9. The number of amides is 2. The summed E-state index contributed by atoms with van der Waals surface area (Å²) >= 11 is 0. The first-order valence-corrected chi connectivity index (χ1v) is 14.3. The number of nitrogens with zero attached hydrogens (tertiary/aromatic N) is 2. The molecule has 3 atom stereocenters. The lowest BCUT2D eigenvalue weighted by Gasteiger charge is -2.36. The second kappa shape index (κ2) is 10.7. The molecule has 2 amide bonds. The Hall–Kier alpha value is -4.64. The van der Waals surface area contributed by atoms with Gasteiger partial charge in [-0.3, -0.25) is 9.59 Å². The summed E-state index contributed by atoms with van der Waals surface area (Å²) in [5.74, 6) is -0.353. The monoisotopic (exact) mass is 541 g/mol. The third-order valence-electron chi connectivity index (χ3n) is 8.54. The number of aryl methyl sites for hydroxylation is 2. The number of rotatable bonds is 7. The van der Waals surface area contributed by atoms with E-state index in [2.05, 4.69) is 55.0 Å². The number of fused-ring (bicyclic) bond motifs is 2. The smallest absolute Gasteiger partial charge is 0.255 e. The first-order valence-electron chi connectivity index (χ1n) is 14.3. The number of anilines is 1. The summed E-state index contributed by atoms with van der Waals surface area (Å²) < 4.78 is 2.22.